The van der Waals surface area contributed by atoms with E-state index in [2.05, 4.69) is 76.7 Å². The first-order valence-electron chi connectivity index (χ1n) is 19.0. The number of carbonyl (C=O) groups excluding carboxylic acids is 4. The molecule has 12 nitrogen and oxygen atoms in total. The van der Waals surface area contributed by atoms with Gasteiger partial charge in [0.2, 0.25) is 0 Å². The molecular weight excluding hydrogens is 640 g/mol. The summed E-state index contributed by atoms with van der Waals surface area (Å²) in [6.45, 7) is 29.1. The minimum atomic E-state index is -0.113. The molecule has 4 N–H and O–H groups in total. The van der Waals surface area contributed by atoms with E-state index in [4.69, 9.17) is 18.9 Å². The highest BCUT2D eigenvalue weighted by Gasteiger charge is 2.41. The van der Waals surface area contributed by atoms with E-state index >= 15 is 0 Å². The van der Waals surface area contributed by atoms with Gasteiger partial charge in [0.25, 0.3) is 0 Å². The van der Waals surface area contributed by atoms with E-state index in [1.807, 2.05) is 27.7 Å². The second kappa shape index (κ2) is 21.3. The first-order chi connectivity index (χ1) is 23.3. The van der Waals surface area contributed by atoms with Crippen LogP contribution in [0.2, 0.25) is 0 Å². The maximum absolute atomic E-state index is 11.5. The molecule has 0 unspecified atom stereocenters. The lowest BCUT2D eigenvalue weighted by Crippen LogP contribution is -2.42. The molecular formula is C38H72N4O8. The van der Waals surface area contributed by atoms with Gasteiger partial charge >= 0.3 is 23.9 Å². The van der Waals surface area contributed by atoms with Gasteiger partial charge in [-0.05, 0) is 109 Å². The minimum Gasteiger partial charge on any atom is -0.465 e. The van der Waals surface area contributed by atoms with E-state index < -0.39 is 0 Å². The molecule has 4 aliphatic heterocycles. The van der Waals surface area contributed by atoms with Gasteiger partial charge in [0.1, 0.15) is 24.2 Å². The molecule has 4 fully saturated rings. The molecule has 0 amide bonds. The van der Waals surface area contributed by atoms with E-state index in [1.165, 1.54) is 0 Å². The number of rotatable bonds is 10. The molecule has 50 heavy (non-hydrogen) atoms. The van der Waals surface area contributed by atoms with Crippen LogP contribution in [0.15, 0.2) is 0 Å². The highest BCUT2D eigenvalue weighted by Crippen LogP contribution is 2.36. The molecule has 4 atom stereocenters. The van der Waals surface area contributed by atoms with Crippen molar-refractivity contribution in [2.45, 2.75) is 158 Å². The van der Waals surface area contributed by atoms with Crippen LogP contribution in [0, 0.1) is 16.2 Å². The summed E-state index contributed by atoms with van der Waals surface area (Å²) in [5.74, 6) is -0.414. The van der Waals surface area contributed by atoms with Gasteiger partial charge in [0.05, 0.1) is 26.4 Å². The Labute approximate surface area is 303 Å². The van der Waals surface area contributed by atoms with E-state index in [0.29, 0.717) is 31.8 Å². The van der Waals surface area contributed by atoms with Crippen LogP contribution >= 0.6 is 0 Å². The Morgan fingerprint density at radius 2 is 1.04 bits per heavy atom. The highest BCUT2D eigenvalue weighted by atomic mass is 16.5. The van der Waals surface area contributed by atoms with Crippen LogP contribution in [0.1, 0.15) is 128 Å². The molecule has 0 aliphatic carbocycles. The van der Waals surface area contributed by atoms with E-state index in [1.54, 1.807) is 0 Å². The fraction of sp³-hybridized carbons (Fsp3) is 0.895. The van der Waals surface area contributed by atoms with Crippen LogP contribution in [-0.2, 0) is 38.1 Å². The molecule has 0 aromatic rings. The van der Waals surface area contributed by atoms with Crippen molar-refractivity contribution < 1.29 is 38.1 Å². The predicted octanol–water partition coefficient (Wildman–Crippen LogP) is 4.67. The van der Waals surface area contributed by atoms with Crippen molar-refractivity contribution in [3.8, 4) is 0 Å². The van der Waals surface area contributed by atoms with E-state index in [0.717, 1.165) is 64.6 Å². The molecule has 4 aliphatic rings. The number of esters is 4. The SMILES string of the molecule is CCOC(=O)[C@@H]1CC(C)(C)CN1.CCOC(=O)[C@@H]1CC(CC)(CC)CN1.CCOC(=O)[C@@H]1CCC(C)(C)N1.CCOC(=O)[C@H]1NCCC1(C)C. The molecule has 4 saturated heterocycles. The average Bonchev–Trinajstić information content (AvgIpc) is 3.83. The molecule has 4 heterocycles. The highest BCUT2D eigenvalue weighted by molar-refractivity contribution is 5.78. The fourth-order valence-corrected chi connectivity index (χ4v) is 6.75. The molecule has 0 radical (unpaired) electrons. The normalized spacial score (nSPS) is 26.5. The summed E-state index contributed by atoms with van der Waals surface area (Å²) in [5.41, 5.74) is 0.693. The summed E-state index contributed by atoms with van der Waals surface area (Å²) in [5, 5.41) is 12.8. The monoisotopic (exact) mass is 713 g/mol. The Bertz CT molecular complexity index is 1020. The summed E-state index contributed by atoms with van der Waals surface area (Å²) in [6, 6.07) is -0.354. The van der Waals surface area contributed by atoms with Gasteiger partial charge in [-0.2, -0.15) is 0 Å². The lowest BCUT2D eigenvalue weighted by molar-refractivity contribution is -0.148. The molecule has 4 rings (SSSR count). The first kappa shape index (κ1) is 45.7. The number of hydrogen-bond donors (Lipinski definition) is 4. The third-order valence-electron chi connectivity index (χ3n) is 10.2. The standard InChI is InChI=1S/C11H21NO2.3C9H17NO2/c1-4-11(5-2)7-9(12-8-11)10(13)14-6-3;1-4-12-8(11)7-5-9(2,3)6-10-7;1-4-12-8(11)7-9(2,3)5-6-10-7;1-4-12-8(11)7-5-6-9(2,3)10-7/h9,12H,4-8H2,1-3H3;3*7,10H,4-6H2,1-3H3/t9-;3*7-/m0010/s1. The summed E-state index contributed by atoms with van der Waals surface area (Å²) >= 11 is 0. The maximum atomic E-state index is 11.5. The Kier molecular flexibility index (Phi) is 19.5. The van der Waals surface area contributed by atoms with Gasteiger partial charge in [0.15, 0.2) is 0 Å². The number of carbonyl (C=O) groups is 4. The van der Waals surface area contributed by atoms with Crippen LogP contribution in [-0.4, -0.2) is 99.6 Å². The summed E-state index contributed by atoms with van der Waals surface area (Å²) in [7, 11) is 0. The Morgan fingerprint density at radius 3 is 1.40 bits per heavy atom. The number of hydrogen-bond acceptors (Lipinski definition) is 12. The van der Waals surface area contributed by atoms with Crippen LogP contribution in [0.5, 0.6) is 0 Å². The van der Waals surface area contributed by atoms with Crippen molar-refractivity contribution in [2.75, 3.05) is 46.1 Å². The Hall–Kier alpha value is -2.28. The predicted molar refractivity (Wildman–Crippen MR) is 197 cm³/mol. The van der Waals surface area contributed by atoms with Crippen LogP contribution in [0.25, 0.3) is 0 Å². The summed E-state index contributed by atoms with van der Waals surface area (Å²) < 4.78 is 19.8. The largest absolute Gasteiger partial charge is 0.465 e. The molecule has 0 saturated carbocycles. The van der Waals surface area contributed by atoms with Gasteiger partial charge < -0.3 is 34.9 Å². The van der Waals surface area contributed by atoms with Crippen molar-refractivity contribution in [2.24, 2.45) is 16.2 Å². The van der Waals surface area contributed by atoms with Gasteiger partial charge in [-0.3, -0.25) is 24.5 Å². The van der Waals surface area contributed by atoms with Crippen LogP contribution in [0.4, 0.5) is 0 Å². The Morgan fingerprint density at radius 1 is 0.580 bits per heavy atom. The van der Waals surface area contributed by atoms with Crippen molar-refractivity contribution in [1.82, 2.24) is 21.3 Å². The third-order valence-corrected chi connectivity index (χ3v) is 10.2. The quantitative estimate of drug-likeness (QED) is 0.184. The fourth-order valence-electron chi connectivity index (χ4n) is 6.75. The minimum absolute atomic E-state index is 0.0479. The lowest BCUT2D eigenvalue weighted by Gasteiger charge is -2.24. The van der Waals surface area contributed by atoms with Crippen molar-refractivity contribution in [1.29, 1.82) is 0 Å². The second-order valence-corrected chi connectivity index (χ2v) is 15.9. The van der Waals surface area contributed by atoms with Gasteiger partial charge in [-0.25, -0.2) is 0 Å². The molecule has 0 aromatic heterocycles. The van der Waals surface area contributed by atoms with Crippen molar-refractivity contribution in [3.63, 3.8) is 0 Å². The maximum Gasteiger partial charge on any atom is 0.323 e. The number of ether oxygens (including phenoxy) is 4. The van der Waals surface area contributed by atoms with Crippen molar-refractivity contribution in [3.05, 3.63) is 0 Å². The lowest BCUT2D eigenvalue weighted by atomic mass is 9.80. The van der Waals surface area contributed by atoms with Gasteiger partial charge in [0, 0.05) is 18.6 Å². The number of nitrogens with one attached hydrogen (secondary N) is 4. The van der Waals surface area contributed by atoms with Gasteiger partial charge in [-0.15, -0.1) is 0 Å². The molecule has 12 heteroatoms. The molecule has 0 spiro atoms. The van der Waals surface area contributed by atoms with E-state index in [-0.39, 0.29) is 64.4 Å². The second-order valence-electron chi connectivity index (χ2n) is 15.9. The zero-order chi connectivity index (χ0) is 38.2. The zero-order valence-corrected chi connectivity index (χ0v) is 33.5. The molecule has 0 bridgehead atoms. The summed E-state index contributed by atoms with van der Waals surface area (Å²) in [6.07, 6.45) is 7.04. The zero-order valence-electron chi connectivity index (χ0n) is 33.5. The van der Waals surface area contributed by atoms with Crippen LogP contribution < -0.4 is 21.3 Å². The third kappa shape index (κ3) is 15.1. The van der Waals surface area contributed by atoms with E-state index in [9.17, 15) is 19.2 Å². The molecule has 0 aromatic carbocycles. The first-order valence-corrected chi connectivity index (χ1v) is 19.0. The average molecular weight is 713 g/mol. The molecule has 292 valence electrons. The smallest absolute Gasteiger partial charge is 0.323 e. The topological polar surface area (TPSA) is 153 Å². The van der Waals surface area contributed by atoms with Gasteiger partial charge in [-0.1, -0.05) is 41.5 Å². The Balaban J connectivity index is 0.000000334. The van der Waals surface area contributed by atoms with Crippen molar-refractivity contribution >= 4 is 23.9 Å². The summed E-state index contributed by atoms with van der Waals surface area (Å²) in [4.78, 5) is 45.4. The van der Waals surface area contributed by atoms with Crippen LogP contribution in [0.3, 0.4) is 0 Å².